The minimum atomic E-state index is -0.761. The standard InChI is InChI=1S/C14H28N4O3/c1-11(13(19)20)5-4-6-12(2)15-14(21)16-18-9-7-17(3)8-10-18/h11-12H,4-10H2,1-3H3,(H,19,20)(H2,15,16,21). The number of hydrogen-bond donors (Lipinski definition) is 3. The van der Waals surface area contributed by atoms with Crippen LogP contribution in [-0.2, 0) is 4.79 Å². The molecule has 1 aliphatic rings. The molecule has 1 aliphatic heterocycles. The number of carbonyl (C=O) groups is 2. The Morgan fingerprint density at radius 1 is 1.14 bits per heavy atom. The van der Waals surface area contributed by atoms with Crippen LogP contribution in [0.1, 0.15) is 33.1 Å². The molecule has 1 rings (SSSR count). The van der Waals surface area contributed by atoms with Gasteiger partial charge in [0.1, 0.15) is 0 Å². The van der Waals surface area contributed by atoms with Crippen molar-refractivity contribution in [3.05, 3.63) is 0 Å². The largest absolute Gasteiger partial charge is 0.481 e. The molecule has 0 spiro atoms. The van der Waals surface area contributed by atoms with E-state index in [2.05, 4.69) is 22.7 Å². The van der Waals surface area contributed by atoms with Gasteiger partial charge in [-0.05, 0) is 26.8 Å². The summed E-state index contributed by atoms with van der Waals surface area (Å²) in [6, 6.07) is -0.142. The lowest BCUT2D eigenvalue weighted by molar-refractivity contribution is -0.141. The molecule has 1 heterocycles. The van der Waals surface area contributed by atoms with Crippen molar-refractivity contribution < 1.29 is 14.7 Å². The second kappa shape index (κ2) is 8.84. The molecule has 2 atom stereocenters. The summed E-state index contributed by atoms with van der Waals surface area (Å²) in [4.78, 5) is 24.8. The van der Waals surface area contributed by atoms with Gasteiger partial charge < -0.3 is 15.3 Å². The lowest BCUT2D eigenvalue weighted by Gasteiger charge is -2.32. The van der Waals surface area contributed by atoms with Crippen molar-refractivity contribution in [3.8, 4) is 0 Å². The molecule has 0 aromatic rings. The second-order valence-electron chi connectivity index (χ2n) is 5.95. The quantitative estimate of drug-likeness (QED) is 0.645. The number of amides is 2. The Morgan fingerprint density at radius 2 is 1.76 bits per heavy atom. The first-order chi connectivity index (χ1) is 9.88. The lowest BCUT2D eigenvalue weighted by Crippen LogP contribution is -2.55. The van der Waals surface area contributed by atoms with Crippen LogP contribution in [0.3, 0.4) is 0 Å². The van der Waals surface area contributed by atoms with Gasteiger partial charge in [0.15, 0.2) is 0 Å². The first-order valence-electron chi connectivity index (χ1n) is 7.62. The smallest absolute Gasteiger partial charge is 0.329 e. The predicted molar refractivity (Wildman–Crippen MR) is 80.9 cm³/mol. The molecule has 2 unspecified atom stereocenters. The van der Waals surface area contributed by atoms with Crippen molar-refractivity contribution in [2.45, 2.75) is 39.2 Å². The molecule has 0 aromatic heterocycles. The first kappa shape index (κ1) is 17.7. The number of urea groups is 1. The van der Waals surface area contributed by atoms with Gasteiger partial charge in [-0.1, -0.05) is 13.3 Å². The van der Waals surface area contributed by atoms with E-state index in [4.69, 9.17) is 5.11 Å². The molecule has 0 radical (unpaired) electrons. The number of aliphatic carboxylic acids is 1. The van der Waals surface area contributed by atoms with E-state index < -0.39 is 5.97 Å². The molecule has 1 saturated heterocycles. The molecule has 0 aromatic carbocycles. The topological polar surface area (TPSA) is 84.9 Å². The monoisotopic (exact) mass is 300 g/mol. The van der Waals surface area contributed by atoms with E-state index in [0.717, 1.165) is 39.0 Å². The average molecular weight is 300 g/mol. The summed E-state index contributed by atoms with van der Waals surface area (Å²) in [7, 11) is 2.07. The van der Waals surface area contributed by atoms with Crippen LogP contribution < -0.4 is 10.7 Å². The van der Waals surface area contributed by atoms with Crippen LogP contribution in [0.5, 0.6) is 0 Å². The zero-order valence-corrected chi connectivity index (χ0v) is 13.3. The highest BCUT2D eigenvalue weighted by molar-refractivity contribution is 5.73. The van der Waals surface area contributed by atoms with E-state index in [-0.39, 0.29) is 18.0 Å². The van der Waals surface area contributed by atoms with Crippen LogP contribution in [-0.4, -0.2) is 66.3 Å². The van der Waals surface area contributed by atoms with Crippen LogP contribution in [0.2, 0.25) is 0 Å². The molecule has 7 nitrogen and oxygen atoms in total. The summed E-state index contributed by atoms with van der Waals surface area (Å²) in [6.07, 6.45) is 2.22. The Kier molecular flexibility index (Phi) is 7.45. The number of nitrogens with one attached hydrogen (secondary N) is 2. The third-order valence-electron chi connectivity index (χ3n) is 3.84. The molecule has 21 heavy (non-hydrogen) atoms. The summed E-state index contributed by atoms with van der Waals surface area (Å²) >= 11 is 0. The van der Waals surface area contributed by atoms with Crippen molar-refractivity contribution in [2.24, 2.45) is 5.92 Å². The molecule has 7 heteroatoms. The van der Waals surface area contributed by atoms with Crippen LogP contribution >= 0.6 is 0 Å². The highest BCUT2D eigenvalue weighted by atomic mass is 16.4. The van der Waals surface area contributed by atoms with Gasteiger partial charge in [-0.2, -0.15) is 0 Å². The maximum Gasteiger partial charge on any atom is 0.329 e. The number of carbonyl (C=O) groups excluding carboxylic acids is 1. The van der Waals surface area contributed by atoms with Gasteiger partial charge in [0, 0.05) is 32.2 Å². The van der Waals surface area contributed by atoms with E-state index in [1.807, 2.05) is 11.9 Å². The number of hydrogen-bond acceptors (Lipinski definition) is 4. The fourth-order valence-electron chi connectivity index (χ4n) is 2.24. The van der Waals surface area contributed by atoms with Gasteiger partial charge in [-0.25, -0.2) is 9.80 Å². The number of carboxylic acid groups (broad SMARTS) is 1. The van der Waals surface area contributed by atoms with Crippen molar-refractivity contribution in [1.29, 1.82) is 0 Å². The minimum Gasteiger partial charge on any atom is -0.481 e. The van der Waals surface area contributed by atoms with Gasteiger partial charge in [-0.15, -0.1) is 0 Å². The lowest BCUT2D eigenvalue weighted by atomic mass is 10.0. The van der Waals surface area contributed by atoms with Gasteiger partial charge in [0.05, 0.1) is 5.92 Å². The Balaban J connectivity index is 2.14. The maximum absolute atomic E-state index is 11.8. The normalized spacial score (nSPS) is 19.8. The second-order valence-corrected chi connectivity index (χ2v) is 5.95. The van der Waals surface area contributed by atoms with Crippen LogP contribution in [0, 0.1) is 5.92 Å². The first-order valence-corrected chi connectivity index (χ1v) is 7.62. The van der Waals surface area contributed by atoms with Crippen LogP contribution in [0.4, 0.5) is 4.79 Å². The summed E-state index contributed by atoms with van der Waals surface area (Å²) in [5.74, 6) is -1.08. The summed E-state index contributed by atoms with van der Waals surface area (Å²) < 4.78 is 0. The van der Waals surface area contributed by atoms with Crippen molar-refractivity contribution in [2.75, 3.05) is 33.2 Å². The maximum atomic E-state index is 11.8. The zero-order valence-electron chi connectivity index (χ0n) is 13.3. The summed E-state index contributed by atoms with van der Waals surface area (Å²) in [5, 5.41) is 13.6. The Labute approximate surface area is 126 Å². The number of nitrogens with zero attached hydrogens (tertiary/aromatic N) is 2. The Hall–Kier alpha value is -1.34. The SMILES string of the molecule is CC(CCCC(C)C(=O)O)NC(=O)NN1CCN(C)CC1. The predicted octanol–water partition coefficient (Wildman–Crippen LogP) is 0.728. The molecule has 1 fully saturated rings. The zero-order chi connectivity index (χ0) is 15.8. The fourth-order valence-corrected chi connectivity index (χ4v) is 2.24. The van der Waals surface area contributed by atoms with Gasteiger partial charge in [-0.3, -0.25) is 10.2 Å². The highest BCUT2D eigenvalue weighted by Crippen LogP contribution is 2.09. The van der Waals surface area contributed by atoms with Crippen molar-refractivity contribution in [3.63, 3.8) is 0 Å². The molecule has 2 amide bonds. The number of carboxylic acids is 1. The number of rotatable bonds is 7. The van der Waals surface area contributed by atoms with E-state index in [1.54, 1.807) is 6.92 Å². The number of hydrazine groups is 1. The van der Waals surface area contributed by atoms with Gasteiger partial charge in [0.2, 0.25) is 0 Å². The highest BCUT2D eigenvalue weighted by Gasteiger charge is 2.17. The van der Waals surface area contributed by atoms with E-state index in [1.165, 1.54) is 0 Å². The third-order valence-corrected chi connectivity index (χ3v) is 3.84. The van der Waals surface area contributed by atoms with E-state index in [9.17, 15) is 9.59 Å². The molecule has 122 valence electrons. The molecule has 0 bridgehead atoms. The van der Waals surface area contributed by atoms with Gasteiger partial charge in [0.25, 0.3) is 0 Å². The van der Waals surface area contributed by atoms with Crippen LogP contribution in [0.25, 0.3) is 0 Å². The molecular formula is C14H28N4O3. The molecule has 3 N–H and O–H groups in total. The molecular weight excluding hydrogens is 272 g/mol. The van der Waals surface area contributed by atoms with E-state index in [0.29, 0.717) is 6.42 Å². The van der Waals surface area contributed by atoms with Crippen LogP contribution in [0.15, 0.2) is 0 Å². The Bertz CT molecular complexity index is 343. The summed E-state index contributed by atoms with van der Waals surface area (Å²) in [6.45, 7) is 7.20. The summed E-state index contributed by atoms with van der Waals surface area (Å²) in [5.41, 5.74) is 2.85. The minimum absolute atomic E-state index is 0.0402. The molecule has 0 aliphatic carbocycles. The molecule has 0 saturated carbocycles. The van der Waals surface area contributed by atoms with E-state index >= 15 is 0 Å². The third kappa shape index (κ3) is 7.29. The van der Waals surface area contributed by atoms with Crippen molar-refractivity contribution >= 4 is 12.0 Å². The van der Waals surface area contributed by atoms with Crippen molar-refractivity contribution in [1.82, 2.24) is 20.7 Å². The fraction of sp³-hybridized carbons (Fsp3) is 0.857. The number of likely N-dealkylation sites (N-methyl/N-ethyl adjacent to an activating group) is 1. The number of piperazine rings is 1. The Morgan fingerprint density at radius 3 is 2.33 bits per heavy atom. The van der Waals surface area contributed by atoms with Gasteiger partial charge >= 0.3 is 12.0 Å². The average Bonchev–Trinajstić information content (AvgIpc) is 2.41.